The molecule has 0 aliphatic rings. The van der Waals surface area contributed by atoms with Crippen LogP contribution < -0.4 is 15.8 Å². The molecule has 0 bridgehead atoms. The number of nitrogens with one attached hydrogen (secondary N) is 2. The van der Waals surface area contributed by atoms with Crippen LogP contribution in [0.25, 0.3) is 0 Å². The van der Waals surface area contributed by atoms with Crippen LogP contribution in [-0.2, 0) is 21.3 Å². The average molecular weight is 371 g/mol. The highest BCUT2D eigenvalue weighted by Crippen LogP contribution is 2.11. The summed E-state index contributed by atoms with van der Waals surface area (Å²) < 4.78 is 32.1. The van der Waals surface area contributed by atoms with Gasteiger partial charge >= 0.3 is 0 Å². The van der Waals surface area contributed by atoms with E-state index in [1.807, 2.05) is 20.8 Å². The maximum atomic E-state index is 12.1. The summed E-state index contributed by atoms with van der Waals surface area (Å²) in [4.78, 5) is 4.49. The lowest BCUT2D eigenvalue weighted by Gasteiger charge is -2.09. The van der Waals surface area contributed by atoms with Gasteiger partial charge in [0.2, 0.25) is 10.0 Å². The molecule has 0 saturated heterocycles. The topological polar surface area (TPSA) is 106 Å². The number of hydrogen-bond donors (Lipinski definition) is 3. The van der Waals surface area contributed by atoms with Crippen LogP contribution in [0.4, 0.5) is 0 Å². The maximum absolute atomic E-state index is 12.1. The van der Waals surface area contributed by atoms with Crippen LogP contribution in [0.2, 0.25) is 0 Å². The molecule has 0 aromatic heterocycles. The molecule has 1 aromatic rings. The summed E-state index contributed by atoms with van der Waals surface area (Å²) in [7, 11) is -3.46. The maximum Gasteiger partial charge on any atom is 0.240 e. The third-order valence-corrected chi connectivity index (χ3v) is 4.76. The van der Waals surface area contributed by atoms with Crippen molar-refractivity contribution < 1.29 is 13.2 Å². The van der Waals surface area contributed by atoms with Crippen LogP contribution in [0.3, 0.4) is 0 Å². The monoisotopic (exact) mass is 370 g/mol. The minimum absolute atomic E-state index is 0.253. The van der Waals surface area contributed by atoms with E-state index in [9.17, 15) is 8.42 Å². The van der Waals surface area contributed by atoms with Crippen LogP contribution in [0, 0.1) is 5.92 Å². The highest BCUT2D eigenvalue weighted by atomic mass is 32.2. The summed E-state index contributed by atoms with van der Waals surface area (Å²) in [5, 5.41) is 3.02. The first-order chi connectivity index (χ1) is 11.8. The van der Waals surface area contributed by atoms with Gasteiger partial charge in [-0.3, -0.25) is 0 Å². The Labute approximate surface area is 151 Å². The number of aliphatic imine (C=N–C) groups is 1. The van der Waals surface area contributed by atoms with Crippen LogP contribution in [-0.4, -0.2) is 40.7 Å². The quantitative estimate of drug-likeness (QED) is 0.311. The minimum Gasteiger partial charge on any atom is -0.382 e. The van der Waals surface area contributed by atoms with Gasteiger partial charge in [0.25, 0.3) is 0 Å². The van der Waals surface area contributed by atoms with Crippen molar-refractivity contribution in [2.75, 3.05) is 26.3 Å². The zero-order valence-electron chi connectivity index (χ0n) is 15.3. The van der Waals surface area contributed by atoms with Crippen molar-refractivity contribution in [3.8, 4) is 0 Å². The van der Waals surface area contributed by atoms with Gasteiger partial charge in [-0.1, -0.05) is 26.0 Å². The van der Waals surface area contributed by atoms with Crippen LogP contribution in [0.1, 0.15) is 32.8 Å². The van der Waals surface area contributed by atoms with Gasteiger partial charge in [0.1, 0.15) is 0 Å². The van der Waals surface area contributed by atoms with Gasteiger partial charge < -0.3 is 15.8 Å². The Bertz CT molecular complexity index is 628. The fourth-order valence-electron chi connectivity index (χ4n) is 1.90. The third kappa shape index (κ3) is 8.85. The second-order valence-corrected chi connectivity index (χ2v) is 7.84. The van der Waals surface area contributed by atoms with Crippen molar-refractivity contribution in [3.63, 3.8) is 0 Å². The second kappa shape index (κ2) is 11.1. The van der Waals surface area contributed by atoms with Crippen molar-refractivity contribution in [1.29, 1.82) is 0 Å². The molecule has 0 saturated carbocycles. The lowest BCUT2D eigenvalue weighted by atomic mass is 10.2. The highest BCUT2D eigenvalue weighted by molar-refractivity contribution is 7.89. The van der Waals surface area contributed by atoms with Gasteiger partial charge in [0.05, 0.1) is 11.4 Å². The number of nitrogens with two attached hydrogens (primary N) is 1. The fraction of sp³-hybridized carbons (Fsp3) is 0.588. The summed E-state index contributed by atoms with van der Waals surface area (Å²) in [6, 6.07) is 6.66. The van der Waals surface area contributed by atoms with E-state index in [4.69, 9.17) is 10.5 Å². The number of guanidine groups is 1. The Kier molecular flexibility index (Phi) is 9.48. The van der Waals surface area contributed by atoms with Crippen LogP contribution in [0.5, 0.6) is 0 Å². The van der Waals surface area contributed by atoms with Crippen molar-refractivity contribution >= 4 is 16.0 Å². The number of nitrogens with zero attached hydrogens (tertiary/aromatic N) is 1. The van der Waals surface area contributed by atoms with Crippen LogP contribution >= 0.6 is 0 Å². The second-order valence-electron chi connectivity index (χ2n) is 6.07. The molecule has 0 aliphatic heterocycles. The smallest absolute Gasteiger partial charge is 0.240 e. The summed E-state index contributed by atoms with van der Waals surface area (Å²) in [5.41, 5.74) is 6.69. The molecule has 142 valence electrons. The summed E-state index contributed by atoms with van der Waals surface area (Å²) >= 11 is 0. The number of benzene rings is 1. The summed E-state index contributed by atoms with van der Waals surface area (Å²) in [5.74, 6) is 0.624. The molecule has 8 heteroatoms. The predicted molar refractivity (Wildman–Crippen MR) is 101 cm³/mol. The van der Waals surface area contributed by atoms with Gasteiger partial charge in [-0.25, -0.2) is 18.1 Å². The highest BCUT2D eigenvalue weighted by Gasteiger charge is 2.13. The molecule has 0 radical (unpaired) electrons. The molecule has 7 nitrogen and oxygen atoms in total. The Balaban J connectivity index is 2.49. The molecule has 0 amide bonds. The fourth-order valence-corrected chi connectivity index (χ4v) is 3.11. The number of ether oxygens (including phenoxy) is 1. The van der Waals surface area contributed by atoms with Gasteiger partial charge in [0.15, 0.2) is 5.96 Å². The first kappa shape index (κ1) is 21.4. The molecule has 0 fully saturated rings. The van der Waals surface area contributed by atoms with Gasteiger partial charge in [0, 0.05) is 26.3 Å². The molecule has 0 atom stereocenters. The Morgan fingerprint density at radius 2 is 1.96 bits per heavy atom. The molecule has 4 N–H and O–H groups in total. The Morgan fingerprint density at radius 1 is 1.28 bits per heavy atom. The number of rotatable bonds is 11. The van der Waals surface area contributed by atoms with E-state index in [2.05, 4.69) is 15.0 Å². The summed E-state index contributed by atoms with van der Waals surface area (Å²) in [6.45, 7) is 8.79. The van der Waals surface area contributed by atoms with E-state index in [0.717, 1.165) is 12.0 Å². The molecule has 0 aliphatic carbocycles. The molecular weight excluding hydrogens is 340 g/mol. The molecule has 0 spiro atoms. The molecule has 0 unspecified atom stereocenters. The Morgan fingerprint density at radius 3 is 2.56 bits per heavy atom. The third-order valence-electron chi connectivity index (χ3n) is 3.32. The van der Waals surface area contributed by atoms with Crippen molar-refractivity contribution in [2.45, 2.75) is 38.6 Å². The molecule has 1 rings (SSSR count). The van der Waals surface area contributed by atoms with E-state index < -0.39 is 10.0 Å². The minimum atomic E-state index is -3.46. The number of sulfonamides is 1. The Hall–Kier alpha value is -1.64. The van der Waals surface area contributed by atoms with E-state index in [1.165, 1.54) is 0 Å². The molecule has 1 aromatic carbocycles. The number of hydrogen-bond acceptors (Lipinski definition) is 4. The zero-order valence-corrected chi connectivity index (χ0v) is 16.1. The largest absolute Gasteiger partial charge is 0.382 e. The van der Waals surface area contributed by atoms with Crippen molar-refractivity contribution in [1.82, 2.24) is 10.0 Å². The zero-order chi connectivity index (χ0) is 18.7. The van der Waals surface area contributed by atoms with Gasteiger partial charge in [-0.2, -0.15) is 0 Å². The SMILES string of the molecule is CCOCCCNC(N)=NCc1ccc(S(=O)(=O)NCC(C)C)cc1. The van der Waals surface area contributed by atoms with Crippen molar-refractivity contribution in [2.24, 2.45) is 16.6 Å². The normalized spacial score (nSPS) is 12.6. The van der Waals surface area contributed by atoms with Gasteiger partial charge in [-0.05, 0) is 37.0 Å². The molecule has 25 heavy (non-hydrogen) atoms. The van der Waals surface area contributed by atoms with E-state index in [-0.39, 0.29) is 10.8 Å². The lowest BCUT2D eigenvalue weighted by molar-refractivity contribution is 0.145. The molecule has 0 heterocycles. The van der Waals surface area contributed by atoms with E-state index in [1.54, 1.807) is 24.3 Å². The molecular formula is C17H30N4O3S. The standard InChI is InChI=1S/C17H30N4O3S/c1-4-24-11-5-10-19-17(18)20-13-15-6-8-16(9-7-15)25(22,23)21-12-14(2)3/h6-9,14,21H,4-5,10-13H2,1-3H3,(H3,18,19,20). The average Bonchev–Trinajstić information content (AvgIpc) is 2.58. The van der Waals surface area contributed by atoms with Crippen molar-refractivity contribution in [3.05, 3.63) is 29.8 Å². The predicted octanol–water partition coefficient (Wildman–Crippen LogP) is 1.45. The summed E-state index contributed by atoms with van der Waals surface area (Å²) in [6.07, 6.45) is 0.861. The first-order valence-corrected chi connectivity index (χ1v) is 10.0. The van der Waals surface area contributed by atoms with Crippen LogP contribution in [0.15, 0.2) is 34.2 Å². The van der Waals surface area contributed by atoms with E-state index in [0.29, 0.717) is 38.8 Å². The first-order valence-electron chi connectivity index (χ1n) is 8.55. The van der Waals surface area contributed by atoms with Gasteiger partial charge in [-0.15, -0.1) is 0 Å². The van der Waals surface area contributed by atoms with E-state index >= 15 is 0 Å². The lowest BCUT2D eigenvalue weighted by Crippen LogP contribution is -2.32.